The molecule has 0 aromatic carbocycles. The Balaban J connectivity index is 1.91. The number of hydrogen-bond donors (Lipinski definition) is 1. The van der Waals surface area contributed by atoms with E-state index < -0.39 is 11.9 Å². The summed E-state index contributed by atoms with van der Waals surface area (Å²) in [6, 6.07) is 3.77. The molecule has 0 bridgehead atoms. The number of nitrogens with zero attached hydrogens (tertiary/aromatic N) is 3. The first-order chi connectivity index (χ1) is 9.66. The van der Waals surface area contributed by atoms with Crippen LogP contribution in [0.25, 0.3) is 11.5 Å². The van der Waals surface area contributed by atoms with Crippen molar-refractivity contribution in [3.05, 3.63) is 29.8 Å². The SMILES string of the molecule is Cc1cccnc1-c1noc(C2CCCC2C(=O)O)n1. The van der Waals surface area contributed by atoms with Crippen LogP contribution >= 0.6 is 0 Å². The zero-order valence-corrected chi connectivity index (χ0v) is 11.1. The van der Waals surface area contributed by atoms with Crippen molar-refractivity contribution in [2.75, 3.05) is 0 Å². The fourth-order valence-electron chi connectivity index (χ4n) is 2.75. The highest BCUT2D eigenvalue weighted by atomic mass is 16.5. The first-order valence-corrected chi connectivity index (χ1v) is 6.65. The summed E-state index contributed by atoms with van der Waals surface area (Å²) in [4.78, 5) is 19.8. The van der Waals surface area contributed by atoms with E-state index in [2.05, 4.69) is 15.1 Å². The first kappa shape index (κ1) is 12.8. The maximum Gasteiger partial charge on any atom is 0.307 e. The summed E-state index contributed by atoms with van der Waals surface area (Å²) in [6.45, 7) is 1.92. The number of pyridine rings is 1. The molecule has 0 radical (unpaired) electrons. The van der Waals surface area contributed by atoms with Crippen molar-refractivity contribution >= 4 is 5.97 Å². The summed E-state index contributed by atoms with van der Waals surface area (Å²) in [5.74, 6) is -0.559. The van der Waals surface area contributed by atoms with Crippen LogP contribution in [0.5, 0.6) is 0 Å². The molecule has 1 N–H and O–H groups in total. The molecule has 2 aromatic heterocycles. The van der Waals surface area contributed by atoms with E-state index in [9.17, 15) is 9.90 Å². The molecule has 1 fully saturated rings. The van der Waals surface area contributed by atoms with Gasteiger partial charge in [-0.15, -0.1) is 0 Å². The lowest BCUT2D eigenvalue weighted by Gasteiger charge is -2.10. The van der Waals surface area contributed by atoms with Gasteiger partial charge in [0.1, 0.15) is 5.69 Å². The minimum absolute atomic E-state index is 0.183. The molecule has 1 aliphatic rings. The number of aliphatic carboxylic acids is 1. The van der Waals surface area contributed by atoms with E-state index in [1.54, 1.807) is 6.20 Å². The third kappa shape index (κ3) is 2.17. The number of carbonyl (C=O) groups is 1. The van der Waals surface area contributed by atoms with Gasteiger partial charge in [-0.1, -0.05) is 17.6 Å². The van der Waals surface area contributed by atoms with Crippen LogP contribution in [0.1, 0.15) is 36.6 Å². The van der Waals surface area contributed by atoms with Gasteiger partial charge >= 0.3 is 5.97 Å². The van der Waals surface area contributed by atoms with E-state index >= 15 is 0 Å². The van der Waals surface area contributed by atoms with Gasteiger partial charge in [-0.2, -0.15) is 4.98 Å². The maximum absolute atomic E-state index is 11.2. The highest BCUT2D eigenvalue weighted by Crippen LogP contribution is 2.39. The average Bonchev–Trinajstić information content (AvgIpc) is 3.07. The molecule has 104 valence electrons. The molecule has 1 saturated carbocycles. The van der Waals surface area contributed by atoms with Crippen molar-refractivity contribution in [2.24, 2.45) is 5.92 Å². The van der Waals surface area contributed by atoms with Crippen LogP contribution in [0.4, 0.5) is 0 Å². The molecule has 0 saturated heterocycles. The van der Waals surface area contributed by atoms with E-state index in [-0.39, 0.29) is 5.92 Å². The second-order valence-corrected chi connectivity index (χ2v) is 5.11. The number of rotatable bonds is 3. The van der Waals surface area contributed by atoms with Crippen LogP contribution in [-0.2, 0) is 4.79 Å². The van der Waals surface area contributed by atoms with Crippen LogP contribution in [0.3, 0.4) is 0 Å². The van der Waals surface area contributed by atoms with E-state index in [4.69, 9.17) is 4.52 Å². The van der Waals surface area contributed by atoms with Gasteiger partial charge in [0.2, 0.25) is 11.7 Å². The Morgan fingerprint density at radius 2 is 2.30 bits per heavy atom. The summed E-state index contributed by atoms with van der Waals surface area (Å²) in [6.07, 6.45) is 4.00. The van der Waals surface area contributed by atoms with Crippen molar-refractivity contribution in [1.82, 2.24) is 15.1 Å². The fraction of sp³-hybridized carbons (Fsp3) is 0.429. The second kappa shape index (κ2) is 5.03. The lowest BCUT2D eigenvalue weighted by molar-refractivity contribution is -0.142. The van der Waals surface area contributed by atoms with E-state index in [1.165, 1.54) is 0 Å². The van der Waals surface area contributed by atoms with E-state index in [0.717, 1.165) is 18.4 Å². The number of hydrogen-bond acceptors (Lipinski definition) is 5. The molecule has 3 rings (SSSR count). The van der Waals surface area contributed by atoms with Crippen LogP contribution in [0.15, 0.2) is 22.9 Å². The van der Waals surface area contributed by atoms with E-state index in [1.807, 2.05) is 19.1 Å². The molecule has 6 nitrogen and oxygen atoms in total. The van der Waals surface area contributed by atoms with Gasteiger partial charge < -0.3 is 9.63 Å². The molecule has 0 spiro atoms. The Kier molecular flexibility index (Phi) is 3.22. The van der Waals surface area contributed by atoms with Crippen LogP contribution in [0, 0.1) is 12.8 Å². The molecule has 6 heteroatoms. The highest BCUT2D eigenvalue weighted by Gasteiger charge is 2.37. The van der Waals surface area contributed by atoms with Crippen molar-refractivity contribution < 1.29 is 14.4 Å². The highest BCUT2D eigenvalue weighted by molar-refractivity contribution is 5.71. The third-order valence-electron chi connectivity index (χ3n) is 3.81. The molecular weight excluding hydrogens is 258 g/mol. The summed E-state index contributed by atoms with van der Waals surface area (Å²) in [5, 5.41) is 13.2. The van der Waals surface area contributed by atoms with Gasteiger partial charge in [-0.05, 0) is 31.4 Å². The van der Waals surface area contributed by atoms with E-state index in [0.29, 0.717) is 23.8 Å². The summed E-state index contributed by atoms with van der Waals surface area (Å²) < 4.78 is 5.27. The van der Waals surface area contributed by atoms with Crippen molar-refractivity contribution in [2.45, 2.75) is 32.1 Å². The van der Waals surface area contributed by atoms with Crippen molar-refractivity contribution in [3.8, 4) is 11.5 Å². The Labute approximate surface area is 115 Å². The van der Waals surface area contributed by atoms with Gasteiger partial charge in [0.15, 0.2) is 0 Å². The molecule has 0 amide bonds. The quantitative estimate of drug-likeness (QED) is 0.923. The number of aromatic nitrogens is 3. The zero-order valence-electron chi connectivity index (χ0n) is 11.1. The molecule has 1 aliphatic carbocycles. The summed E-state index contributed by atoms with van der Waals surface area (Å²) >= 11 is 0. The predicted molar refractivity (Wildman–Crippen MR) is 70.0 cm³/mol. The number of aryl methyl sites for hydroxylation is 1. The second-order valence-electron chi connectivity index (χ2n) is 5.11. The van der Waals surface area contributed by atoms with Crippen molar-refractivity contribution in [1.29, 1.82) is 0 Å². The zero-order chi connectivity index (χ0) is 14.1. The van der Waals surface area contributed by atoms with Gasteiger partial charge in [-0.25, -0.2) is 0 Å². The normalized spacial score (nSPS) is 22.1. The van der Waals surface area contributed by atoms with Crippen molar-refractivity contribution in [3.63, 3.8) is 0 Å². The number of carboxylic acid groups (broad SMARTS) is 1. The van der Waals surface area contributed by atoms with Gasteiger partial charge in [0.25, 0.3) is 0 Å². The largest absolute Gasteiger partial charge is 0.481 e. The standard InChI is InChI=1S/C14H15N3O3/c1-8-4-3-7-15-11(8)12-16-13(20-17-12)9-5-2-6-10(9)14(18)19/h3-4,7,9-10H,2,5-6H2,1H3,(H,18,19). The Morgan fingerprint density at radius 1 is 1.45 bits per heavy atom. The van der Waals surface area contributed by atoms with Crippen LogP contribution in [-0.4, -0.2) is 26.2 Å². The summed E-state index contributed by atoms with van der Waals surface area (Å²) in [7, 11) is 0. The molecule has 2 aromatic rings. The van der Waals surface area contributed by atoms with Crippen LogP contribution in [0.2, 0.25) is 0 Å². The minimum atomic E-state index is -0.790. The van der Waals surface area contributed by atoms with Crippen LogP contribution < -0.4 is 0 Å². The molecule has 2 atom stereocenters. The summed E-state index contributed by atoms with van der Waals surface area (Å²) in [5.41, 5.74) is 1.63. The molecular formula is C14H15N3O3. The smallest absolute Gasteiger partial charge is 0.307 e. The molecule has 20 heavy (non-hydrogen) atoms. The number of carboxylic acids is 1. The maximum atomic E-state index is 11.2. The topological polar surface area (TPSA) is 89.1 Å². The first-order valence-electron chi connectivity index (χ1n) is 6.65. The third-order valence-corrected chi connectivity index (χ3v) is 3.81. The molecule has 2 unspecified atom stereocenters. The lowest BCUT2D eigenvalue weighted by Crippen LogP contribution is -2.17. The van der Waals surface area contributed by atoms with Gasteiger partial charge in [0.05, 0.1) is 11.8 Å². The predicted octanol–water partition coefficient (Wildman–Crippen LogP) is 2.41. The average molecular weight is 273 g/mol. The molecule has 2 heterocycles. The fourth-order valence-corrected chi connectivity index (χ4v) is 2.75. The molecule has 0 aliphatic heterocycles. The van der Waals surface area contributed by atoms with Gasteiger partial charge in [-0.3, -0.25) is 9.78 Å². The van der Waals surface area contributed by atoms with Gasteiger partial charge in [0, 0.05) is 6.20 Å². The Bertz CT molecular complexity index is 638. The Morgan fingerprint density at radius 3 is 3.05 bits per heavy atom. The monoisotopic (exact) mass is 273 g/mol. The lowest BCUT2D eigenvalue weighted by atomic mass is 9.96. The Hall–Kier alpha value is -2.24. The minimum Gasteiger partial charge on any atom is -0.481 e.